The van der Waals surface area contributed by atoms with Gasteiger partial charge in [-0.05, 0) is 32.7 Å². The van der Waals surface area contributed by atoms with Crippen molar-refractivity contribution in [3.63, 3.8) is 0 Å². The molecule has 0 spiro atoms. The number of hydrogen-bond donors (Lipinski definition) is 2. The van der Waals surface area contributed by atoms with Crippen LogP contribution in [0.4, 0.5) is 0 Å². The van der Waals surface area contributed by atoms with E-state index in [4.69, 9.17) is 4.74 Å². The van der Waals surface area contributed by atoms with E-state index in [9.17, 15) is 4.79 Å². The highest BCUT2D eigenvalue weighted by Gasteiger charge is 2.31. The molecule has 4 heteroatoms. The minimum Gasteiger partial charge on any atom is -0.369 e. The quantitative estimate of drug-likeness (QED) is 0.707. The van der Waals surface area contributed by atoms with Crippen LogP contribution in [0.5, 0.6) is 0 Å². The lowest BCUT2D eigenvalue weighted by Crippen LogP contribution is -2.48. The first-order valence-electron chi connectivity index (χ1n) is 5.69. The maximum atomic E-state index is 11.8. The van der Waals surface area contributed by atoms with E-state index in [1.165, 1.54) is 6.42 Å². The second-order valence-electron chi connectivity index (χ2n) is 4.29. The summed E-state index contributed by atoms with van der Waals surface area (Å²) in [5.41, 5.74) is -0.682. The van der Waals surface area contributed by atoms with Gasteiger partial charge in [0.05, 0.1) is 0 Å². The summed E-state index contributed by atoms with van der Waals surface area (Å²) in [4.78, 5) is 11.8. The fourth-order valence-electron chi connectivity index (χ4n) is 1.73. The van der Waals surface area contributed by atoms with Gasteiger partial charge >= 0.3 is 0 Å². The van der Waals surface area contributed by atoms with E-state index < -0.39 is 5.60 Å². The zero-order valence-electron chi connectivity index (χ0n) is 9.93. The van der Waals surface area contributed by atoms with Gasteiger partial charge in [-0.1, -0.05) is 6.92 Å². The molecule has 0 aromatic heterocycles. The third-order valence-corrected chi connectivity index (χ3v) is 3.28. The molecule has 0 radical (unpaired) electrons. The van der Waals surface area contributed by atoms with Crippen LogP contribution in [0.25, 0.3) is 0 Å². The summed E-state index contributed by atoms with van der Waals surface area (Å²) in [6, 6.07) is 0.437. The number of rotatable bonds is 5. The van der Waals surface area contributed by atoms with Gasteiger partial charge in [-0.3, -0.25) is 4.79 Å². The molecule has 2 N–H and O–H groups in total. The summed E-state index contributed by atoms with van der Waals surface area (Å²) >= 11 is 0. The van der Waals surface area contributed by atoms with Crippen molar-refractivity contribution in [2.24, 2.45) is 0 Å². The highest BCUT2D eigenvalue weighted by atomic mass is 16.5. The van der Waals surface area contributed by atoms with Gasteiger partial charge in [0.25, 0.3) is 5.91 Å². The van der Waals surface area contributed by atoms with E-state index in [2.05, 4.69) is 10.6 Å². The Morgan fingerprint density at radius 3 is 2.87 bits per heavy atom. The lowest BCUT2D eigenvalue weighted by molar-refractivity contribution is -0.141. The van der Waals surface area contributed by atoms with E-state index >= 15 is 0 Å². The molecule has 0 bridgehead atoms. The van der Waals surface area contributed by atoms with E-state index in [1.807, 2.05) is 13.8 Å². The zero-order valence-corrected chi connectivity index (χ0v) is 9.93. The number of ether oxygens (including phenoxy) is 1. The monoisotopic (exact) mass is 214 g/mol. The third-order valence-electron chi connectivity index (χ3n) is 3.28. The maximum Gasteiger partial charge on any atom is 0.251 e. The first kappa shape index (κ1) is 12.5. The molecule has 1 rings (SSSR count). The molecule has 2 unspecified atom stereocenters. The number of methoxy groups -OCH3 is 1. The van der Waals surface area contributed by atoms with Crippen LogP contribution in [0.2, 0.25) is 0 Å². The average Bonchev–Trinajstić information content (AvgIpc) is 2.77. The van der Waals surface area contributed by atoms with Crippen molar-refractivity contribution in [2.45, 2.75) is 44.8 Å². The van der Waals surface area contributed by atoms with Crippen LogP contribution in [0.15, 0.2) is 0 Å². The topological polar surface area (TPSA) is 50.4 Å². The maximum absolute atomic E-state index is 11.8. The third kappa shape index (κ3) is 3.18. The normalized spacial score (nSPS) is 24.9. The van der Waals surface area contributed by atoms with Crippen LogP contribution in [0.3, 0.4) is 0 Å². The Kier molecular flexibility index (Phi) is 4.54. The van der Waals surface area contributed by atoms with Gasteiger partial charge in [-0.2, -0.15) is 0 Å². The smallest absolute Gasteiger partial charge is 0.251 e. The van der Waals surface area contributed by atoms with Crippen LogP contribution >= 0.6 is 0 Å². The molecule has 88 valence electrons. The molecule has 0 aliphatic carbocycles. The molecule has 1 saturated heterocycles. The van der Waals surface area contributed by atoms with Crippen LogP contribution in [0, 0.1) is 0 Å². The van der Waals surface area contributed by atoms with Crippen LogP contribution in [-0.2, 0) is 9.53 Å². The first-order valence-corrected chi connectivity index (χ1v) is 5.69. The van der Waals surface area contributed by atoms with Gasteiger partial charge in [0.15, 0.2) is 0 Å². The lowest BCUT2D eigenvalue weighted by atomic mass is 10.0. The predicted octanol–water partition coefficient (Wildman–Crippen LogP) is 0.670. The van der Waals surface area contributed by atoms with Crippen LogP contribution in [-0.4, -0.2) is 37.7 Å². The van der Waals surface area contributed by atoms with Crippen molar-refractivity contribution in [2.75, 3.05) is 20.2 Å². The fourth-order valence-corrected chi connectivity index (χ4v) is 1.73. The van der Waals surface area contributed by atoms with Crippen molar-refractivity contribution < 1.29 is 9.53 Å². The van der Waals surface area contributed by atoms with Crippen LogP contribution in [0.1, 0.15) is 33.1 Å². The van der Waals surface area contributed by atoms with E-state index in [0.29, 0.717) is 19.0 Å². The SMILES string of the molecule is CCC(C)(OC)C(=O)NCC1CCCN1. The lowest BCUT2D eigenvalue weighted by Gasteiger charge is -2.26. The predicted molar refractivity (Wildman–Crippen MR) is 59.7 cm³/mol. The van der Waals surface area contributed by atoms with Gasteiger partial charge in [0, 0.05) is 19.7 Å². The number of carbonyl (C=O) groups is 1. The number of hydrogen-bond acceptors (Lipinski definition) is 3. The van der Waals surface area contributed by atoms with Crippen LogP contribution < -0.4 is 10.6 Å². The molecule has 15 heavy (non-hydrogen) atoms. The van der Waals surface area contributed by atoms with Crippen molar-refractivity contribution in [3.8, 4) is 0 Å². The molecule has 0 saturated carbocycles. The van der Waals surface area contributed by atoms with Crippen molar-refractivity contribution >= 4 is 5.91 Å². The van der Waals surface area contributed by atoms with Gasteiger partial charge in [0.2, 0.25) is 0 Å². The van der Waals surface area contributed by atoms with Gasteiger partial charge in [0.1, 0.15) is 5.60 Å². The molecule has 1 amide bonds. The van der Waals surface area contributed by atoms with Crippen molar-refractivity contribution in [1.29, 1.82) is 0 Å². The highest BCUT2D eigenvalue weighted by molar-refractivity contribution is 5.84. The molecule has 2 atom stereocenters. The van der Waals surface area contributed by atoms with Gasteiger partial charge in [-0.25, -0.2) is 0 Å². The first-order chi connectivity index (χ1) is 7.12. The molecule has 1 fully saturated rings. The molecule has 1 aliphatic rings. The fraction of sp³-hybridized carbons (Fsp3) is 0.909. The highest BCUT2D eigenvalue weighted by Crippen LogP contribution is 2.14. The molecule has 4 nitrogen and oxygen atoms in total. The summed E-state index contributed by atoms with van der Waals surface area (Å²) in [6.07, 6.45) is 3.04. The number of nitrogens with one attached hydrogen (secondary N) is 2. The average molecular weight is 214 g/mol. The van der Waals surface area contributed by atoms with Gasteiger partial charge < -0.3 is 15.4 Å². The summed E-state index contributed by atoms with van der Waals surface area (Å²) < 4.78 is 5.23. The Balaban J connectivity index is 2.33. The Labute approximate surface area is 91.8 Å². The molecule has 1 heterocycles. The van der Waals surface area contributed by atoms with E-state index in [-0.39, 0.29) is 5.91 Å². The second-order valence-corrected chi connectivity index (χ2v) is 4.29. The zero-order chi connectivity index (χ0) is 11.3. The standard InChI is InChI=1S/C11H22N2O2/c1-4-11(2,15-3)10(14)13-8-9-6-5-7-12-9/h9,12H,4-8H2,1-3H3,(H,13,14). The largest absolute Gasteiger partial charge is 0.369 e. The summed E-state index contributed by atoms with van der Waals surface area (Å²) in [5.74, 6) is -0.0128. The van der Waals surface area contributed by atoms with Crippen molar-refractivity contribution in [3.05, 3.63) is 0 Å². The van der Waals surface area contributed by atoms with E-state index in [1.54, 1.807) is 7.11 Å². The summed E-state index contributed by atoms with van der Waals surface area (Å²) in [5, 5.41) is 6.28. The minimum atomic E-state index is -0.682. The number of amides is 1. The molecule has 1 aliphatic heterocycles. The molecular weight excluding hydrogens is 192 g/mol. The van der Waals surface area contributed by atoms with E-state index in [0.717, 1.165) is 13.0 Å². The van der Waals surface area contributed by atoms with Gasteiger partial charge in [-0.15, -0.1) is 0 Å². The Bertz CT molecular complexity index is 209. The molecule has 0 aromatic carbocycles. The van der Waals surface area contributed by atoms with Crippen molar-refractivity contribution in [1.82, 2.24) is 10.6 Å². The number of carbonyl (C=O) groups excluding carboxylic acids is 1. The Morgan fingerprint density at radius 2 is 2.40 bits per heavy atom. The Morgan fingerprint density at radius 1 is 1.67 bits per heavy atom. The summed E-state index contributed by atoms with van der Waals surface area (Å²) in [7, 11) is 1.58. The summed E-state index contributed by atoms with van der Waals surface area (Å²) in [6.45, 7) is 5.55. The minimum absolute atomic E-state index is 0.0128. The molecular formula is C11H22N2O2. The second kappa shape index (κ2) is 5.47. The molecule has 0 aromatic rings. The Hall–Kier alpha value is -0.610.